The highest BCUT2D eigenvalue weighted by Gasteiger charge is 2.21. The molecule has 0 saturated carbocycles. The number of aromatic nitrogens is 1. The highest BCUT2D eigenvalue weighted by molar-refractivity contribution is 9.10. The molecule has 0 bridgehead atoms. The molecule has 0 atom stereocenters. The number of anilines is 2. The molecule has 20 heavy (non-hydrogen) atoms. The fraction of sp³-hybridized carbons (Fsp3) is 0. The summed E-state index contributed by atoms with van der Waals surface area (Å²) in [4.78, 5) is 3.34. The van der Waals surface area contributed by atoms with Crippen LogP contribution in [0, 0.1) is 5.82 Å². The molecule has 106 valence electrons. The molecule has 0 saturated heterocycles. The first-order valence-corrected chi connectivity index (χ1v) is 8.26. The third-order valence-corrected chi connectivity index (χ3v) is 5.04. The minimum atomic E-state index is -4.10. The first kappa shape index (κ1) is 15.2. The van der Waals surface area contributed by atoms with Gasteiger partial charge in [0, 0.05) is 16.4 Å². The summed E-state index contributed by atoms with van der Waals surface area (Å²) >= 11 is 6.13. The molecule has 1 aromatic carbocycles. The van der Waals surface area contributed by atoms with E-state index in [0.717, 1.165) is 12.1 Å². The van der Waals surface area contributed by atoms with Gasteiger partial charge in [-0.25, -0.2) is 17.8 Å². The van der Waals surface area contributed by atoms with Gasteiger partial charge in [-0.2, -0.15) is 0 Å². The Labute approximate surface area is 131 Å². The van der Waals surface area contributed by atoms with Crippen molar-refractivity contribution < 1.29 is 12.8 Å². The molecule has 0 amide bonds. The van der Waals surface area contributed by atoms with Crippen LogP contribution in [-0.4, -0.2) is 13.4 Å². The predicted molar refractivity (Wildman–Crippen MR) is 81.3 cm³/mol. The summed E-state index contributed by atoms with van der Waals surface area (Å²) in [6.45, 7) is 0. The summed E-state index contributed by atoms with van der Waals surface area (Å²) < 4.78 is 41.0. The maximum Gasteiger partial charge on any atom is 0.264 e. The average Bonchev–Trinajstić information content (AvgIpc) is 2.36. The standard InChI is InChI=1S/C11H8Br2FN3O2S/c12-6-4-7(14)10(5-8(6)15)20(18,19)17-9-2-1-3-16-11(9)13/h1-5,17H,15H2. The van der Waals surface area contributed by atoms with Crippen LogP contribution in [0.3, 0.4) is 0 Å². The van der Waals surface area contributed by atoms with Crippen molar-refractivity contribution in [3.63, 3.8) is 0 Å². The number of sulfonamides is 1. The van der Waals surface area contributed by atoms with E-state index < -0.39 is 20.7 Å². The minimum absolute atomic E-state index is 0.122. The molecule has 2 rings (SSSR count). The van der Waals surface area contributed by atoms with Crippen molar-refractivity contribution in [1.82, 2.24) is 4.98 Å². The van der Waals surface area contributed by atoms with Gasteiger partial charge >= 0.3 is 0 Å². The number of nitrogens with one attached hydrogen (secondary N) is 1. The van der Waals surface area contributed by atoms with Crippen LogP contribution >= 0.6 is 31.9 Å². The molecular formula is C11H8Br2FN3O2S. The molecule has 0 unspecified atom stereocenters. The van der Waals surface area contributed by atoms with Gasteiger partial charge in [-0.05, 0) is 56.1 Å². The summed E-state index contributed by atoms with van der Waals surface area (Å²) in [6.07, 6.45) is 1.49. The molecule has 0 aliphatic heterocycles. The second kappa shape index (κ2) is 5.66. The van der Waals surface area contributed by atoms with Crippen LogP contribution in [0.25, 0.3) is 0 Å². The quantitative estimate of drug-likeness (QED) is 0.585. The number of nitrogens with zero attached hydrogens (tertiary/aromatic N) is 1. The molecule has 0 aliphatic carbocycles. The van der Waals surface area contributed by atoms with Crippen molar-refractivity contribution in [2.24, 2.45) is 0 Å². The van der Waals surface area contributed by atoms with Crippen LogP contribution in [-0.2, 0) is 10.0 Å². The smallest absolute Gasteiger partial charge is 0.264 e. The molecule has 0 aliphatic rings. The van der Waals surface area contributed by atoms with E-state index in [4.69, 9.17) is 5.73 Å². The van der Waals surface area contributed by atoms with E-state index in [2.05, 4.69) is 41.6 Å². The minimum Gasteiger partial charge on any atom is -0.398 e. The van der Waals surface area contributed by atoms with Gasteiger partial charge in [-0.1, -0.05) is 0 Å². The molecule has 3 N–H and O–H groups in total. The van der Waals surface area contributed by atoms with Gasteiger partial charge in [0.05, 0.1) is 5.69 Å². The average molecular weight is 425 g/mol. The van der Waals surface area contributed by atoms with E-state index in [1.165, 1.54) is 12.3 Å². The van der Waals surface area contributed by atoms with Gasteiger partial charge in [0.2, 0.25) is 0 Å². The second-order valence-corrected chi connectivity index (χ2v) is 7.01. The number of halogens is 3. The van der Waals surface area contributed by atoms with Crippen LogP contribution in [0.4, 0.5) is 15.8 Å². The Morgan fingerprint density at radius 1 is 1.30 bits per heavy atom. The summed E-state index contributed by atoms with van der Waals surface area (Å²) in [5, 5.41) is 0. The summed E-state index contributed by atoms with van der Waals surface area (Å²) in [6, 6.07) is 5.10. The molecule has 9 heteroatoms. The number of benzene rings is 1. The zero-order valence-corrected chi connectivity index (χ0v) is 13.8. The Hall–Kier alpha value is -1.19. The van der Waals surface area contributed by atoms with E-state index in [0.29, 0.717) is 4.60 Å². The van der Waals surface area contributed by atoms with Crippen molar-refractivity contribution >= 4 is 53.3 Å². The molecule has 5 nitrogen and oxygen atoms in total. The Morgan fingerprint density at radius 2 is 2.00 bits per heavy atom. The highest BCUT2D eigenvalue weighted by Crippen LogP contribution is 2.28. The van der Waals surface area contributed by atoms with Crippen molar-refractivity contribution in [3.05, 3.63) is 45.4 Å². The van der Waals surface area contributed by atoms with E-state index in [1.54, 1.807) is 6.07 Å². The molecule has 1 heterocycles. The molecule has 2 aromatic rings. The van der Waals surface area contributed by atoms with Crippen LogP contribution in [0.5, 0.6) is 0 Å². The predicted octanol–water partition coefficient (Wildman–Crippen LogP) is 3.13. The van der Waals surface area contributed by atoms with E-state index >= 15 is 0 Å². The molecule has 0 fully saturated rings. The zero-order valence-electron chi connectivity index (χ0n) is 9.77. The van der Waals surface area contributed by atoms with E-state index in [-0.39, 0.29) is 15.8 Å². The van der Waals surface area contributed by atoms with E-state index in [1.807, 2.05) is 0 Å². The number of nitrogens with two attached hydrogens (primary N) is 1. The monoisotopic (exact) mass is 423 g/mol. The lowest BCUT2D eigenvalue weighted by Gasteiger charge is -2.11. The normalized spacial score (nSPS) is 11.3. The maximum atomic E-state index is 13.8. The number of hydrogen-bond acceptors (Lipinski definition) is 4. The van der Waals surface area contributed by atoms with Crippen LogP contribution in [0.2, 0.25) is 0 Å². The Bertz CT molecular complexity index is 768. The van der Waals surface area contributed by atoms with Crippen molar-refractivity contribution in [1.29, 1.82) is 0 Å². The summed E-state index contributed by atoms with van der Waals surface area (Å²) in [5.74, 6) is -0.904. The van der Waals surface area contributed by atoms with Gasteiger partial charge in [-0.15, -0.1) is 0 Å². The van der Waals surface area contributed by atoms with Gasteiger partial charge < -0.3 is 5.73 Å². The van der Waals surface area contributed by atoms with Crippen LogP contribution in [0.15, 0.2) is 44.4 Å². The summed E-state index contributed by atoms with van der Waals surface area (Å²) in [7, 11) is -4.10. The first-order valence-electron chi connectivity index (χ1n) is 5.19. The highest BCUT2D eigenvalue weighted by atomic mass is 79.9. The molecule has 1 aromatic heterocycles. The van der Waals surface area contributed by atoms with Gasteiger partial charge in [0.25, 0.3) is 10.0 Å². The lowest BCUT2D eigenvalue weighted by molar-refractivity contribution is 0.570. The van der Waals surface area contributed by atoms with Crippen molar-refractivity contribution in [2.45, 2.75) is 4.90 Å². The lowest BCUT2D eigenvalue weighted by atomic mass is 10.3. The number of rotatable bonds is 3. The second-order valence-electron chi connectivity index (χ2n) is 3.75. The fourth-order valence-electron chi connectivity index (χ4n) is 1.41. The largest absolute Gasteiger partial charge is 0.398 e. The molecular weight excluding hydrogens is 417 g/mol. The third kappa shape index (κ3) is 3.10. The summed E-state index contributed by atoms with van der Waals surface area (Å²) in [5.41, 5.74) is 5.91. The molecule has 0 radical (unpaired) electrons. The topological polar surface area (TPSA) is 85.1 Å². The Morgan fingerprint density at radius 3 is 2.65 bits per heavy atom. The number of hydrogen-bond donors (Lipinski definition) is 2. The Balaban J connectivity index is 2.47. The fourth-order valence-corrected chi connectivity index (χ4v) is 3.37. The number of nitrogen functional groups attached to an aromatic ring is 1. The lowest BCUT2D eigenvalue weighted by Crippen LogP contribution is -2.15. The van der Waals surface area contributed by atoms with Gasteiger partial charge in [0.1, 0.15) is 15.3 Å². The SMILES string of the molecule is Nc1cc(S(=O)(=O)Nc2cccnc2Br)c(F)cc1Br. The van der Waals surface area contributed by atoms with Gasteiger partial charge in [-0.3, -0.25) is 4.72 Å². The zero-order chi connectivity index (χ0) is 14.9. The van der Waals surface area contributed by atoms with Gasteiger partial charge in [0.15, 0.2) is 0 Å². The molecule has 0 spiro atoms. The van der Waals surface area contributed by atoms with E-state index in [9.17, 15) is 12.8 Å². The van der Waals surface area contributed by atoms with Crippen molar-refractivity contribution in [3.8, 4) is 0 Å². The number of pyridine rings is 1. The first-order chi connectivity index (χ1) is 9.31. The third-order valence-electron chi connectivity index (χ3n) is 2.34. The Kier molecular flexibility index (Phi) is 4.31. The maximum absolute atomic E-state index is 13.8. The van der Waals surface area contributed by atoms with Crippen molar-refractivity contribution in [2.75, 3.05) is 10.5 Å². The van der Waals surface area contributed by atoms with Crippen LogP contribution in [0.1, 0.15) is 0 Å². The van der Waals surface area contributed by atoms with Crippen LogP contribution < -0.4 is 10.5 Å².